The van der Waals surface area contributed by atoms with E-state index in [1.54, 1.807) is 24.8 Å². The molecule has 5 heteroatoms. The predicted octanol–water partition coefficient (Wildman–Crippen LogP) is 1.54. The van der Waals surface area contributed by atoms with Crippen LogP contribution in [0.2, 0.25) is 0 Å². The molecule has 0 spiro atoms. The Labute approximate surface area is 88.2 Å². The number of rotatable bonds is 4. The van der Waals surface area contributed by atoms with E-state index >= 15 is 0 Å². The van der Waals surface area contributed by atoms with Crippen molar-refractivity contribution in [2.24, 2.45) is 0 Å². The second-order valence-corrected chi connectivity index (χ2v) is 3.26. The van der Waals surface area contributed by atoms with Crippen molar-refractivity contribution < 1.29 is 0 Å². The molecular weight excluding hydrogens is 190 g/mol. The van der Waals surface area contributed by atoms with Crippen LogP contribution >= 0.6 is 0 Å². The Morgan fingerprint density at radius 1 is 1.13 bits per heavy atom. The van der Waals surface area contributed by atoms with Gasteiger partial charge in [0.25, 0.3) is 0 Å². The van der Waals surface area contributed by atoms with Crippen LogP contribution in [-0.2, 0) is 6.54 Å². The molecule has 0 aliphatic carbocycles. The smallest absolute Gasteiger partial charge is 0.218 e. The highest BCUT2D eigenvalue weighted by molar-refractivity contribution is 5.40. The third-order valence-corrected chi connectivity index (χ3v) is 2.04. The van der Waals surface area contributed by atoms with Crippen molar-refractivity contribution in [1.29, 1.82) is 0 Å². The lowest BCUT2D eigenvalue weighted by atomic mass is 10.3. The molecule has 0 aromatic carbocycles. The third kappa shape index (κ3) is 2.37. The summed E-state index contributed by atoms with van der Waals surface area (Å²) in [6.07, 6.45) is 7.36. The quantitative estimate of drug-likeness (QED) is 0.756. The number of nitrogens with zero attached hydrogens (tertiary/aromatic N) is 5. The van der Waals surface area contributed by atoms with E-state index in [0.29, 0.717) is 11.6 Å². The Kier molecular flexibility index (Phi) is 3.02. The zero-order valence-corrected chi connectivity index (χ0v) is 8.67. The fourth-order valence-corrected chi connectivity index (χ4v) is 1.24. The van der Waals surface area contributed by atoms with Gasteiger partial charge >= 0.3 is 0 Å². The number of unbranched alkanes of at least 4 members (excludes halogenated alkanes) is 1. The number of aryl methyl sites for hydroxylation is 1. The van der Waals surface area contributed by atoms with Crippen LogP contribution in [0.5, 0.6) is 0 Å². The van der Waals surface area contributed by atoms with Crippen molar-refractivity contribution in [3.8, 4) is 11.6 Å². The van der Waals surface area contributed by atoms with Gasteiger partial charge in [-0.25, -0.2) is 15.0 Å². The van der Waals surface area contributed by atoms with Crippen molar-refractivity contribution in [1.82, 2.24) is 24.7 Å². The van der Waals surface area contributed by atoms with E-state index < -0.39 is 0 Å². The molecule has 0 atom stereocenters. The van der Waals surface area contributed by atoms with Crippen LogP contribution in [0.4, 0.5) is 0 Å². The zero-order chi connectivity index (χ0) is 10.5. The topological polar surface area (TPSA) is 56.5 Å². The van der Waals surface area contributed by atoms with Crippen LogP contribution in [0, 0.1) is 0 Å². The lowest BCUT2D eigenvalue weighted by Gasteiger charge is -1.96. The van der Waals surface area contributed by atoms with E-state index in [-0.39, 0.29) is 0 Å². The molecule has 0 saturated carbocycles. The van der Waals surface area contributed by atoms with Crippen LogP contribution in [0.1, 0.15) is 19.8 Å². The minimum Gasteiger partial charge on any atom is -0.252 e. The first kappa shape index (κ1) is 9.76. The first-order chi connectivity index (χ1) is 7.40. The first-order valence-electron chi connectivity index (χ1n) is 5.07. The molecule has 0 fully saturated rings. The van der Waals surface area contributed by atoms with Gasteiger partial charge in [0.1, 0.15) is 6.33 Å². The summed E-state index contributed by atoms with van der Waals surface area (Å²) in [6, 6.07) is 1.78. The van der Waals surface area contributed by atoms with Gasteiger partial charge in [0, 0.05) is 18.9 Å². The van der Waals surface area contributed by atoms with Gasteiger partial charge < -0.3 is 0 Å². The molecule has 15 heavy (non-hydrogen) atoms. The van der Waals surface area contributed by atoms with E-state index in [9.17, 15) is 0 Å². The third-order valence-electron chi connectivity index (χ3n) is 2.04. The molecule has 0 N–H and O–H groups in total. The van der Waals surface area contributed by atoms with Gasteiger partial charge in [-0.15, -0.1) is 5.10 Å². The highest BCUT2D eigenvalue weighted by atomic mass is 15.3. The Morgan fingerprint density at radius 2 is 1.93 bits per heavy atom. The predicted molar refractivity (Wildman–Crippen MR) is 56.0 cm³/mol. The number of hydrogen-bond acceptors (Lipinski definition) is 4. The number of aromatic nitrogens is 5. The fraction of sp³-hybridized carbons (Fsp3) is 0.400. The van der Waals surface area contributed by atoms with Gasteiger partial charge in [-0.05, 0) is 12.5 Å². The summed E-state index contributed by atoms with van der Waals surface area (Å²) >= 11 is 0. The van der Waals surface area contributed by atoms with E-state index in [1.165, 1.54) is 0 Å². The van der Waals surface area contributed by atoms with E-state index in [1.807, 2.05) is 4.68 Å². The Hall–Kier alpha value is -1.78. The lowest BCUT2D eigenvalue weighted by Crippen LogP contribution is -1.98. The summed E-state index contributed by atoms with van der Waals surface area (Å²) in [6.45, 7) is 3.05. The average Bonchev–Trinajstić information content (AvgIpc) is 2.76. The maximum atomic E-state index is 4.30. The van der Waals surface area contributed by atoms with Crippen LogP contribution in [0.3, 0.4) is 0 Å². The molecule has 78 valence electrons. The maximum absolute atomic E-state index is 4.30. The molecule has 0 aliphatic rings. The second kappa shape index (κ2) is 4.63. The lowest BCUT2D eigenvalue weighted by molar-refractivity contribution is 0.571. The Balaban J connectivity index is 2.14. The van der Waals surface area contributed by atoms with Crippen LogP contribution < -0.4 is 0 Å². The van der Waals surface area contributed by atoms with Crippen molar-refractivity contribution in [3.05, 3.63) is 24.8 Å². The van der Waals surface area contributed by atoms with Crippen LogP contribution in [0.25, 0.3) is 11.6 Å². The van der Waals surface area contributed by atoms with Gasteiger partial charge in [-0.2, -0.15) is 0 Å². The summed E-state index contributed by atoms with van der Waals surface area (Å²) in [5, 5.41) is 4.30. The largest absolute Gasteiger partial charge is 0.252 e. The van der Waals surface area contributed by atoms with Crippen molar-refractivity contribution >= 4 is 0 Å². The van der Waals surface area contributed by atoms with Gasteiger partial charge in [0.15, 0.2) is 5.82 Å². The Morgan fingerprint density at radius 3 is 2.67 bits per heavy atom. The average molecular weight is 203 g/mol. The molecule has 0 amide bonds. The van der Waals surface area contributed by atoms with E-state index in [2.05, 4.69) is 27.0 Å². The SMILES string of the molecule is CCCCn1cnc(-c2ncccn2)n1. The monoisotopic (exact) mass is 203 g/mol. The van der Waals surface area contributed by atoms with Crippen LogP contribution in [-0.4, -0.2) is 24.7 Å². The second-order valence-electron chi connectivity index (χ2n) is 3.26. The summed E-state index contributed by atoms with van der Waals surface area (Å²) in [4.78, 5) is 12.4. The van der Waals surface area contributed by atoms with Crippen molar-refractivity contribution in [3.63, 3.8) is 0 Å². The summed E-state index contributed by atoms with van der Waals surface area (Å²) in [5.74, 6) is 1.17. The highest BCUT2D eigenvalue weighted by Gasteiger charge is 2.05. The standard InChI is InChI=1S/C10H13N5/c1-2-3-7-15-8-13-10(14-15)9-11-5-4-6-12-9/h4-6,8H,2-3,7H2,1H3. The van der Waals surface area contributed by atoms with Gasteiger partial charge in [-0.1, -0.05) is 13.3 Å². The summed E-state index contributed by atoms with van der Waals surface area (Å²) in [5.41, 5.74) is 0. The highest BCUT2D eigenvalue weighted by Crippen LogP contribution is 2.06. The van der Waals surface area contributed by atoms with Gasteiger partial charge in [0.05, 0.1) is 0 Å². The Bertz CT molecular complexity index is 409. The van der Waals surface area contributed by atoms with Crippen molar-refractivity contribution in [2.75, 3.05) is 0 Å². The van der Waals surface area contributed by atoms with Gasteiger partial charge in [-0.3, -0.25) is 4.68 Å². The molecule has 0 bridgehead atoms. The maximum Gasteiger partial charge on any atom is 0.218 e. The molecule has 5 nitrogen and oxygen atoms in total. The number of hydrogen-bond donors (Lipinski definition) is 0. The molecule has 2 heterocycles. The summed E-state index contributed by atoms with van der Waals surface area (Å²) in [7, 11) is 0. The zero-order valence-electron chi connectivity index (χ0n) is 8.67. The van der Waals surface area contributed by atoms with Crippen LogP contribution in [0.15, 0.2) is 24.8 Å². The van der Waals surface area contributed by atoms with Gasteiger partial charge in [0.2, 0.25) is 5.82 Å². The van der Waals surface area contributed by atoms with Crippen molar-refractivity contribution in [2.45, 2.75) is 26.3 Å². The molecular formula is C10H13N5. The normalized spacial score (nSPS) is 10.5. The fourth-order valence-electron chi connectivity index (χ4n) is 1.24. The molecule has 0 unspecified atom stereocenters. The van der Waals surface area contributed by atoms with E-state index in [0.717, 1.165) is 19.4 Å². The molecule has 2 rings (SSSR count). The minimum absolute atomic E-state index is 0.577. The molecule has 2 aromatic rings. The molecule has 0 radical (unpaired) electrons. The van der Waals surface area contributed by atoms with E-state index in [4.69, 9.17) is 0 Å². The first-order valence-corrected chi connectivity index (χ1v) is 5.07. The molecule has 2 aromatic heterocycles. The molecule has 0 aliphatic heterocycles. The minimum atomic E-state index is 0.577. The summed E-state index contributed by atoms with van der Waals surface area (Å²) < 4.78 is 1.83. The molecule has 0 saturated heterocycles.